The Bertz CT molecular complexity index is 1040. The Morgan fingerprint density at radius 2 is 1.96 bits per heavy atom. The van der Waals surface area contributed by atoms with Crippen LogP contribution in [0.15, 0.2) is 42.5 Å². The Balaban J connectivity index is 1.95. The molecule has 1 atom stereocenters. The zero-order chi connectivity index (χ0) is 19.1. The minimum atomic E-state index is -0.0257. The SMILES string of the molecule is Cc1ccc(C)c(C2SCC(=O)Nc3c2c(C)nn3-c2ccccc2Cl)c1. The van der Waals surface area contributed by atoms with E-state index in [4.69, 9.17) is 16.7 Å². The minimum absolute atomic E-state index is 0.0257. The maximum Gasteiger partial charge on any atom is 0.235 e. The number of hydrogen-bond acceptors (Lipinski definition) is 3. The zero-order valence-corrected chi connectivity index (χ0v) is 17.0. The third kappa shape index (κ3) is 3.26. The van der Waals surface area contributed by atoms with Crippen molar-refractivity contribution in [2.75, 3.05) is 11.1 Å². The number of aryl methyl sites for hydroxylation is 3. The van der Waals surface area contributed by atoms with Crippen LogP contribution in [0, 0.1) is 20.8 Å². The molecule has 0 aliphatic carbocycles. The summed E-state index contributed by atoms with van der Waals surface area (Å²) >= 11 is 8.05. The van der Waals surface area contributed by atoms with E-state index in [1.165, 1.54) is 16.7 Å². The number of para-hydroxylation sites is 1. The number of anilines is 1. The van der Waals surface area contributed by atoms with Gasteiger partial charge in [0.2, 0.25) is 5.91 Å². The van der Waals surface area contributed by atoms with Gasteiger partial charge in [-0.1, -0.05) is 47.5 Å². The van der Waals surface area contributed by atoms with Crippen LogP contribution in [0.5, 0.6) is 0 Å². The van der Waals surface area contributed by atoms with E-state index >= 15 is 0 Å². The van der Waals surface area contributed by atoms with Crippen LogP contribution in [0.3, 0.4) is 0 Å². The van der Waals surface area contributed by atoms with Crippen molar-refractivity contribution in [2.24, 2.45) is 0 Å². The van der Waals surface area contributed by atoms with Gasteiger partial charge in [-0.15, -0.1) is 11.8 Å². The van der Waals surface area contributed by atoms with Gasteiger partial charge in [-0.2, -0.15) is 5.10 Å². The molecule has 0 radical (unpaired) electrons. The lowest BCUT2D eigenvalue weighted by Crippen LogP contribution is -2.16. The number of halogens is 1. The number of fused-ring (bicyclic) bond motifs is 1. The summed E-state index contributed by atoms with van der Waals surface area (Å²) in [6, 6.07) is 14.0. The smallest absolute Gasteiger partial charge is 0.235 e. The Morgan fingerprint density at radius 1 is 1.19 bits per heavy atom. The molecule has 4 rings (SSSR count). The Labute approximate surface area is 167 Å². The highest BCUT2D eigenvalue weighted by Gasteiger charge is 2.31. The van der Waals surface area contributed by atoms with E-state index < -0.39 is 0 Å². The summed E-state index contributed by atoms with van der Waals surface area (Å²) in [4.78, 5) is 12.4. The summed E-state index contributed by atoms with van der Waals surface area (Å²) < 4.78 is 1.76. The van der Waals surface area contributed by atoms with Crippen molar-refractivity contribution < 1.29 is 4.79 Å². The number of nitrogens with one attached hydrogen (secondary N) is 1. The molecule has 2 heterocycles. The third-order valence-electron chi connectivity index (χ3n) is 4.81. The molecule has 6 heteroatoms. The molecule has 0 saturated heterocycles. The average molecular weight is 398 g/mol. The molecule has 1 unspecified atom stereocenters. The molecule has 3 aromatic rings. The lowest BCUT2D eigenvalue weighted by molar-refractivity contribution is -0.113. The average Bonchev–Trinajstić information content (AvgIpc) is 2.84. The normalized spacial score (nSPS) is 16.6. The molecule has 0 fully saturated rings. The van der Waals surface area contributed by atoms with Gasteiger partial charge in [0.1, 0.15) is 5.82 Å². The van der Waals surface area contributed by atoms with Crippen molar-refractivity contribution in [3.63, 3.8) is 0 Å². The summed E-state index contributed by atoms with van der Waals surface area (Å²) in [5.74, 6) is 1.08. The first kappa shape index (κ1) is 18.1. The molecule has 1 aromatic heterocycles. The third-order valence-corrected chi connectivity index (χ3v) is 6.38. The largest absolute Gasteiger partial charge is 0.310 e. The Hall–Kier alpha value is -2.24. The van der Waals surface area contributed by atoms with Gasteiger partial charge in [-0.05, 0) is 44.0 Å². The van der Waals surface area contributed by atoms with Gasteiger partial charge < -0.3 is 5.32 Å². The first-order valence-electron chi connectivity index (χ1n) is 8.78. The molecule has 2 aromatic carbocycles. The van der Waals surface area contributed by atoms with Crippen LogP contribution >= 0.6 is 23.4 Å². The van der Waals surface area contributed by atoms with Crippen LogP contribution < -0.4 is 5.32 Å². The van der Waals surface area contributed by atoms with Crippen LogP contribution in [0.25, 0.3) is 5.69 Å². The summed E-state index contributed by atoms with van der Waals surface area (Å²) in [5, 5.41) is 8.42. The Morgan fingerprint density at radius 3 is 2.74 bits per heavy atom. The van der Waals surface area contributed by atoms with Crippen LogP contribution in [0.4, 0.5) is 5.82 Å². The number of carbonyl (C=O) groups excluding carboxylic acids is 1. The summed E-state index contributed by atoms with van der Waals surface area (Å²) in [7, 11) is 0. The number of thioether (sulfide) groups is 1. The van der Waals surface area contributed by atoms with Crippen LogP contribution in [0.1, 0.15) is 33.2 Å². The highest BCUT2D eigenvalue weighted by atomic mass is 35.5. The molecule has 0 spiro atoms. The molecular formula is C21H20ClN3OS. The molecular weight excluding hydrogens is 378 g/mol. The quantitative estimate of drug-likeness (QED) is 0.644. The standard InChI is InChI=1S/C21H20ClN3OS/c1-12-8-9-13(2)15(10-12)20-19-14(3)24-25(17-7-5-4-6-16(17)22)21(19)23-18(26)11-27-20/h4-10,20H,11H2,1-3H3,(H,23,26). The monoisotopic (exact) mass is 397 g/mol. The number of hydrogen-bond donors (Lipinski definition) is 1. The van der Waals surface area contributed by atoms with Crippen molar-refractivity contribution in [1.29, 1.82) is 0 Å². The van der Waals surface area contributed by atoms with Crippen LogP contribution in [-0.2, 0) is 4.79 Å². The topological polar surface area (TPSA) is 46.9 Å². The number of carbonyl (C=O) groups is 1. The highest BCUT2D eigenvalue weighted by Crippen LogP contribution is 2.45. The fourth-order valence-electron chi connectivity index (χ4n) is 3.47. The van der Waals surface area contributed by atoms with Crippen molar-refractivity contribution in [3.8, 4) is 5.69 Å². The highest BCUT2D eigenvalue weighted by molar-refractivity contribution is 8.00. The molecule has 1 aliphatic heterocycles. The van der Waals surface area contributed by atoms with Crippen LogP contribution in [-0.4, -0.2) is 21.4 Å². The molecule has 27 heavy (non-hydrogen) atoms. The van der Waals surface area contributed by atoms with Gasteiger partial charge in [-0.3, -0.25) is 4.79 Å². The van der Waals surface area contributed by atoms with Crippen molar-refractivity contribution in [2.45, 2.75) is 26.0 Å². The predicted molar refractivity (Wildman–Crippen MR) is 112 cm³/mol. The van der Waals surface area contributed by atoms with Gasteiger partial charge >= 0.3 is 0 Å². The number of amides is 1. The maximum absolute atomic E-state index is 12.4. The van der Waals surface area contributed by atoms with E-state index in [2.05, 4.69) is 37.4 Å². The summed E-state index contributed by atoms with van der Waals surface area (Å²) in [6.07, 6.45) is 0. The van der Waals surface area contributed by atoms with Crippen molar-refractivity contribution >= 4 is 35.1 Å². The van der Waals surface area contributed by atoms with Gasteiger partial charge in [0.15, 0.2) is 0 Å². The molecule has 4 nitrogen and oxygen atoms in total. The predicted octanol–water partition coefficient (Wildman–Crippen LogP) is 5.23. The van der Waals surface area contributed by atoms with Gasteiger partial charge in [-0.25, -0.2) is 4.68 Å². The summed E-state index contributed by atoms with van der Waals surface area (Å²) in [6.45, 7) is 6.19. The van der Waals surface area contributed by atoms with Gasteiger partial charge in [0, 0.05) is 5.56 Å². The van der Waals surface area contributed by atoms with Gasteiger partial charge in [0.05, 0.1) is 27.4 Å². The van der Waals surface area contributed by atoms with Crippen LogP contribution in [0.2, 0.25) is 5.02 Å². The summed E-state index contributed by atoms with van der Waals surface area (Å²) in [5.41, 5.74) is 6.33. The van der Waals surface area contributed by atoms with E-state index in [1.54, 1.807) is 16.4 Å². The fourth-order valence-corrected chi connectivity index (χ4v) is 4.96. The zero-order valence-electron chi connectivity index (χ0n) is 15.4. The first-order valence-corrected chi connectivity index (χ1v) is 10.2. The lowest BCUT2D eigenvalue weighted by atomic mass is 9.98. The van der Waals surface area contributed by atoms with E-state index in [0.29, 0.717) is 16.6 Å². The Kier molecular flexibility index (Phi) is 4.74. The fraction of sp³-hybridized carbons (Fsp3) is 0.238. The molecule has 0 saturated carbocycles. The molecule has 1 amide bonds. The van der Waals surface area contributed by atoms with E-state index in [-0.39, 0.29) is 11.2 Å². The number of aromatic nitrogens is 2. The van der Waals surface area contributed by atoms with Gasteiger partial charge in [0.25, 0.3) is 0 Å². The molecule has 0 bridgehead atoms. The van der Waals surface area contributed by atoms with E-state index in [1.807, 2.05) is 31.2 Å². The second-order valence-corrected chi connectivity index (χ2v) is 8.31. The van der Waals surface area contributed by atoms with E-state index in [9.17, 15) is 4.79 Å². The second-order valence-electron chi connectivity index (χ2n) is 6.81. The first-order chi connectivity index (χ1) is 13.0. The molecule has 1 N–H and O–H groups in total. The molecule has 1 aliphatic rings. The minimum Gasteiger partial charge on any atom is -0.310 e. The second kappa shape index (κ2) is 7.06. The van der Waals surface area contributed by atoms with E-state index in [0.717, 1.165) is 16.9 Å². The number of nitrogens with zero attached hydrogens (tertiary/aromatic N) is 2. The molecule has 138 valence electrons. The van der Waals surface area contributed by atoms with Crippen molar-refractivity contribution in [3.05, 3.63) is 75.4 Å². The maximum atomic E-state index is 12.4. The number of rotatable bonds is 2. The lowest BCUT2D eigenvalue weighted by Gasteiger charge is -2.18. The number of benzene rings is 2. The van der Waals surface area contributed by atoms with Crippen molar-refractivity contribution in [1.82, 2.24) is 9.78 Å².